The number of hydrogen-bond acceptors (Lipinski definition) is 5. The van der Waals surface area contributed by atoms with Crippen molar-refractivity contribution in [3.63, 3.8) is 0 Å². The Morgan fingerprint density at radius 2 is 1.66 bits per heavy atom. The highest BCUT2D eigenvalue weighted by atomic mass is 16.5. The summed E-state index contributed by atoms with van der Waals surface area (Å²) in [5, 5.41) is 0. The number of fused-ring (bicyclic) bond motifs is 1. The summed E-state index contributed by atoms with van der Waals surface area (Å²) in [6.45, 7) is 0.352. The van der Waals surface area contributed by atoms with Gasteiger partial charge >= 0.3 is 0 Å². The van der Waals surface area contributed by atoms with Gasteiger partial charge in [0.2, 0.25) is 5.78 Å². The van der Waals surface area contributed by atoms with Gasteiger partial charge in [0.25, 0.3) is 0 Å². The maximum Gasteiger partial charge on any atom is 0.231 e. The number of benzene rings is 3. The number of ketones is 1. The van der Waals surface area contributed by atoms with Gasteiger partial charge in [-0.2, -0.15) is 0 Å². The predicted octanol–water partition coefficient (Wildman–Crippen LogP) is 4.90. The van der Waals surface area contributed by atoms with E-state index in [0.29, 0.717) is 23.7 Å². The summed E-state index contributed by atoms with van der Waals surface area (Å²) in [7, 11) is 3.24. The van der Waals surface area contributed by atoms with Gasteiger partial charge < -0.3 is 18.9 Å². The molecular formula is C24H20O5. The lowest BCUT2D eigenvalue weighted by Crippen LogP contribution is -1.99. The van der Waals surface area contributed by atoms with E-state index in [1.54, 1.807) is 38.5 Å². The highest BCUT2D eigenvalue weighted by Gasteiger charge is 2.27. The Morgan fingerprint density at radius 3 is 2.41 bits per heavy atom. The van der Waals surface area contributed by atoms with Crippen LogP contribution in [0.4, 0.5) is 0 Å². The van der Waals surface area contributed by atoms with Gasteiger partial charge in [-0.05, 0) is 42.0 Å². The molecule has 5 nitrogen and oxygen atoms in total. The van der Waals surface area contributed by atoms with Crippen LogP contribution < -0.4 is 18.9 Å². The van der Waals surface area contributed by atoms with Crippen LogP contribution in [0.1, 0.15) is 21.5 Å². The molecule has 0 spiro atoms. The molecule has 0 aliphatic carbocycles. The van der Waals surface area contributed by atoms with Gasteiger partial charge in [0.1, 0.15) is 29.6 Å². The fourth-order valence-electron chi connectivity index (χ4n) is 3.09. The number of allylic oxidation sites excluding steroid dienone is 1. The van der Waals surface area contributed by atoms with Crippen LogP contribution >= 0.6 is 0 Å². The molecule has 0 radical (unpaired) electrons. The topological polar surface area (TPSA) is 54.0 Å². The first-order valence-corrected chi connectivity index (χ1v) is 9.15. The van der Waals surface area contributed by atoms with Crippen molar-refractivity contribution in [1.29, 1.82) is 0 Å². The van der Waals surface area contributed by atoms with Gasteiger partial charge in [-0.3, -0.25) is 4.79 Å². The van der Waals surface area contributed by atoms with E-state index < -0.39 is 0 Å². The van der Waals surface area contributed by atoms with E-state index in [1.165, 1.54) is 0 Å². The first-order valence-electron chi connectivity index (χ1n) is 9.15. The molecular weight excluding hydrogens is 368 g/mol. The van der Waals surface area contributed by atoms with Crippen molar-refractivity contribution >= 4 is 11.9 Å². The number of Topliss-reactive ketones (excluding diaryl/α,β-unsaturated/α-hetero) is 1. The molecule has 0 N–H and O–H groups in total. The van der Waals surface area contributed by atoms with E-state index in [1.807, 2.05) is 48.5 Å². The number of hydrogen-bond donors (Lipinski definition) is 0. The number of ether oxygens (including phenoxy) is 4. The lowest BCUT2D eigenvalue weighted by Gasteiger charge is -2.10. The van der Waals surface area contributed by atoms with Gasteiger partial charge in [-0.15, -0.1) is 0 Å². The zero-order chi connectivity index (χ0) is 20.2. The molecule has 29 heavy (non-hydrogen) atoms. The maximum atomic E-state index is 12.6. The van der Waals surface area contributed by atoms with E-state index in [4.69, 9.17) is 18.9 Å². The third kappa shape index (κ3) is 3.94. The second kappa shape index (κ2) is 8.10. The Kier molecular flexibility index (Phi) is 5.20. The van der Waals surface area contributed by atoms with Gasteiger partial charge in [-0.1, -0.05) is 30.3 Å². The summed E-state index contributed by atoms with van der Waals surface area (Å²) in [6.07, 6.45) is 1.72. The second-order valence-electron chi connectivity index (χ2n) is 6.47. The Bertz CT molecular complexity index is 1070. The lowest BCUT2D eigenvalue weighted by molar-refractivity contribution is 0.101. The minimum Gasteiger partial charge on any atom is -0.497 e. The Morgan fingerprint density at radius 1 is 0.897 bits per heavy atom. The average Bonchev–Trinajstić information content (AvgIpc) is 3.07. The normalized spacial score (nSPS) is 13.7. The van der Waals surface area contributed by atoms with Crippen LogP contribution in [0.3, 0.4) is 0 Å². The van der Waals surface area contributed by atoms with Gasteiger partial charge in [0.15, 0.2) is 5.76 Å². The summed E-state index contributed by atoms with van der Waals surface area (Å²) in [5.74, 6) is 2.77. The highest BCUT2D eigenvalue weighted by Crippen LogP contribution is 2.35. The van der Waals surface area contributed by atoms with E-state index in [0.717, 1.165) is 22.6 Å². The molecule has 1 aliphatic rings. The molecule has 0 bridgehead atoms. The molecule has 146 valence electrons. The van der Waals surface area contributed by atoms with Crippen molar-refractivity contribution < 1.29 is 23.7 Å². The molecule has 0 amide bonds. The van der Waals surface area contributed by atoms with Crippen LogP contribution in [-0.2, 0) is 6.61 Å². The predicted molar refractivity (Wildman–Crippen MR) is 110 cm³/mol. The van der Waals surface area contributed by atoms with Crippen molar-refractivity contribution in [2.75, 3.05) is 14.2 Å². The number of carbonyl (C=O) groups is 1. The van der Waals surface area contributed by atoms with Crippen LogP contribution in [0, 0.1) is 0 Å². The van der Waals surface area contributed by atoms with Gasteiger partial charge in [-0.25, -0.2) is 0 Å². The summed E-state index contributed by atoms with van der Waals surface area (Å²) in [6, 6.07) is 20.3. The third-order valence-corrected chi connectivity index (χ3v) is 4.64. The molecule has 0 saturated carbocycles. The number of methoxy groups -OCH3 is 2. The fourth-order valence-corrected chi connectivity index (χ4v) is 3.09. The van der Waals surface area contributed by atoms with E-state index in [-0.39, 0.29) is 11.5 Å². The first-order chi connectivity index (χ1) is 14.2. The zero-order valence-corrected chi connectivity index (χ0v) is 16.2. The molecule has 1 aliphatic heterocycles. The largest absolute Gasteiger partial charge is 0.497 e. The van der Waals surface area contributed by atoms with Gasteiger partial charge in [0, 0.05) is 11.6 Å². The molecule has 5 heteroatoms. The van der Waals surface area contributed by atoms with Crippen molar-refractivity contribution in [2.24, 2.45) is 0 Å². The Balaban J connectivity index is 1.50. The van der Waals surface area contributed by atoms with Crippen molar-refractivity contribution in [3.8, 4) is 23.0 Å². The van der Waals surface area contributed by atoms with Crippen LogP contribution in [-0.4, -0.2) is 20.0 Å². The maximum absolute atomic E-state index is 12.6. The van der Waals surface area contributed by atoms with Crippen LogP contribution in [0.25, 0.3) is 6.08 Å². The smallest absolute Gasteiger partial charge is 0.231 e. The number of carbonyl (C=O) groups excluding carboxylic acids is 1. The number of para-hydroxylation sites is 1. The highest BCUT2D eigenvalue weighted by molar-refractivity contribution is 6.14. The van der Waals surface area contributed by atoms with Crippen molar-refractivity contribution in [1.82, 2.24) is 0 Å². The molecule has 0 fully saturated rings. The Hall–Kier alpha value is -3.73. The average molecular weight is 388 g/mol. The first kappa shape index (κ1) is 18.6. The van der Waals surface area contributed by atoms with Crippen LogP contribution in [0.2, 0.25) is 0 Å². The number of rotatable bonds is 6. The molecule has 0 aromatic heterocycles. The molecule has 0 unspecified atom stereocenters. The van der Waals surface area contributed by atoms with E-state index in [2.05, 4.69) is 0 Å². The summed E-state index contributed by atoms with van der Waals surface area (Å²) in [5.41, 5.74) is 2.32. The standard InChI is InChI=1S/C24H20O5/c1-26-18-9-7-16(8-10-18)13-23-24(25)20-12-11-19(14-22(20)29-23)28-15-17-5-3-4-6-21(17)27-2/h3-14H,15H2,1-2H3/b23-13-. The summed E-state index contributed by atoms with van der Waals surface area (Å²) < 4.78 is 22.2. The zero-order valence-electron chi connectivity index (χ0n) is 16.2. The summed E-state index contributed by atoms with van der Waals surface area (Å²) >= 11 is 0. The van der Waals surface area contributed by atoms with Crippen LogP contribution in [0.5, 0.6) is 23.0 Å². The van der Waals surface area contributed by atoms with Crippen LogP contribution in [0.15, 0.2) is 72.5 Å². The van der Waals surface area contributed by atoms with E-state index in [9.17, 15) is 4.79 Å². The lowest BCUT2D eigenvalue weighted by atomic mass is 10.1. The minimum atomic E-state index is -0.146. The molecule has 3 aromatic carbocycles. The third-order valence-electron chi connectivity index (χ3n) is 4.64. The molecule has 3 aromatic rings. The van der Waals surface area contributed by atoms with E-state index >= 15 is 0 Å². The quantitative estimate of drug-likeness (QED) is 0.562. The molecule has 0 saturated heterocycles. The fraction of sp³-hybridized carbons (Fsp3) is 0.125. The minimum absolute atomic E-state index is 0.146. The molecule has 0 atom stereocenters. The monoisotopic (exact) mass is 388 g/mol. The van der Waals surface area contributed by atoms with Crippen molar-refractivity contribution in [3.05, 3.63) is 89.2 Å². The molecule has 4 rings (SSSR count). The second-order valence-corrected chi connectivity index (χ2v) is 6.47. The van der Waals surface area contributed by atoms with Crippen molar-refractivity contribution in [2.45, 2.75) is 6.61 Å². The summed E-state index contributed by atoms with van der Waals surface area (Å²) in [4.78, 5) is 12.6. The molecule has 1 heterocycles. The van der Waals surface area contributed by atoms with Gasteiger partial charge in [0.05, 0.1) is 19.8 Å². The Labute approximate surface area is 169 Å². The SMILES string of the molecule is COc1ccc(/C=C2\Oc3cc(OCc4ccccc4OC)ccc3C2=O)cc1.